The zero-order valence-corrected chi connectivity index (χ0v) is 4.83. The Bertz CT molecular complexity index is 12.0. The molecule has 0 nitrogen and oxygen atoms in total. The van der Waals surface area contributed by atoms with Crippen molar-refractivity contribution in [1.82, 2.24) is 0 Å². The van der Waals surface area contributed by atoms with Crippen molar-refractivity contribution in [3.05, 3.63) is 0 Å². The van der Waals surface area contributed by atoms with Crippen LogP contribution in [-0.4, -0.2) is 0 Å². The highest BCUT2D eigenvalue weighted by molar-refractivity contribution is 4.31. The summed E-state index contributed by atoms with van der Waals surface area (Å²) in [5.41, 5.74) is 0. The normalized spacial score (nSPS) is 3.18. The van der Waals surface area contributed by atoms with Crippen molar-refractivity contribution in [2.75, 3.05) is 0 Å². The largest absolute Gasteiger partial charge is 0.0776 e. The number of hydrogen-bond acceptors (Lipinski definition) is 0. The summed E-state index contributed by atoms with van der Waals surface area (Å²) < 4.78 is 0. The van der Waals surface area contributed by atoms with Crippen molar-refractivity contribution >= 4 is 0 Å². The van der Waals surface area contributed by atoms with E-state index >= 15 is 0 Å². The summed E-state index contributed by atoms with van der Waals surface area (Å²) in [4.78, 5) is 0. The smallest absolute Gasteiger partial charge is 0.0536 e. The summed E-state index contributed by atoms with van der Waals surface area (Å²) in [6, 6.07) is 0. The molecule has 0 aromatic rings. The second-order valence-electron chi connectivity index (χ2n) is 1.71. The van der Waals surface area contributed by atoms with E-state index in [0.717, 1.165) is 0 Å². The van der Waals surface area contributed by atoms with Crippen molar-refractivity contribution in [3.63, 3.8) is 0 Å². The molecule has 0 amide bonds. The van der Waals surface area contributed by atoms with E-state index in [1.165, 1.54) is 25.7 Å². The topological polar surface area (TPSA) is 0 Å². The van der Waals surface area contributed by atoms with Gasteiger partial charge in [0, 0.05) is 0 Å². The molecule has 0 radical (unpaired) electrons. The maximum Gasteiger partial charge on any atom is -0.0536 e. The van der Waals surface area contributed by atoms with Gasteiger partial charge in [-0.2, -0.15) is 0 Å². The highest BCUT2D eigenvalue weighted by atomic mass is 13.8. The Hall–Kier alpha value is 0. The predicted octanol–water partition coefficient (Wildman–Crippen LogP) is 9.58. The van der Waals surface area contributed by atoms with Gasteiger partial charge in [0.05, 0.1) is 0 Å². The van der Waals surface area contributed by atoms with Crippen molar-refractivity contribution in [2.24, 2.45) is 0 Å². The van der Waals surface area contributed by atoms with Crippen molar-refractivity contribution in [2.45, 2.75) is 121 Å². The van der Waals surface area contributed by atoms with Crippen molar-refractivity contribution in [1.29, 1.82) is 0 Å². The first-order valence-corrected chi connectivity index (χ1v) is 2.91. The number of hydrogen-bond donors (Lipinski definition) is 0. The van der Waals surface area contributed by atoms with Gasteiger partial charge in [-0.15, -0.1) is 0 Å². The maximum atomic E-state index is 2.23. The van der Waals surface area contributed by atoms with Crippen LogP contribution in [0.1, 0.15) is 121 Å². The van der Waals surface area contributed by atoms with Gasteiger partial charge in [-0.3, -0.25) is 0 Å². The van der Waals surface area contributed by atoms with Crippen LogP contribution in [0.2, 0.25) is 0 Å². The van der Waals surface area contributed by atoms with Crippen LogP contribution in [0, 0.1) is 0 Å². The molecule has 0 fully saturated rings. The molecule has 0 saturated heterocycles. The van der Waals surface area contributed by atoms with Crippen LogP contribution in [0.3, 0.4) is 0 Å². The molecule has 0 spiro atoms. The molecule has 0 aliphatic rings. The van der Waals surface area contributed by atoms with E-state index in [2.05, 4.69) is 13.8 Å². The summed E-state index contributed by atoms with van der Waals surface area (Å²) in [5.74, 6) is 0. The lowest BCUT2D eigenvalue weighted by molar-refractivity contribution is 0.702. The van der Waals surface area contributed by atoms with Gasteiger partial charge in [0.25, 0.3) is 0 Å². The standard InChI is InChI=1S/C6H14.11CH4/c1-3-5-6-4-2;;;;;;;;;;;/h3-6H2,1-2H3;11*1H4. The molecule has 126 valence electrons. The second-order valence-corrected chi connectivity index (χ2v) is 1.71. The lowest BCUT2D eigenvalue weighted by atomic mass is 10.2. The van der Waals surface area contributed by atoms with Gasteiger partial charge in [0.1, 0.15) is 0 Å². The molecule has 0 aliphatic carbocycles. The first kappa shape index (κ1) is 174. The molecule has 0 aliphatic heterocycles. The minimum absolute atomic E-state index is 0. The van der Waals surface area contributed by atoms with E-state index in [0.29, 0.717) is 0 Å². The van der Waals surface area contributed by atoms with Crippen LogP contribution in [0.15, 0.2) is 0 Å². The fraction of sp³-hybridized carbons (Fsp3) is 1.00. The molecule has 0 unspecified atom stereocenters. The van der Waals surface area contributed by atoms with Gasteiger partial charge < -0.3 is 0 Å². The molecule has 0 heteroatoms. The Morgan fingerprint density at radius 2 is 0.471 bits per heavy atom. The zero-order valence-electron chi connectivity index (χ0n) is 4.83. The molecule has 0 aromatic carbocycles. The van der Waals surface area contributed by atoms with Crippen LogP contribution >= 0.6 is 0 Å². The molecular weight excluding hydrogens is 204 g/mol. The molecule has 17 heavy (non-hydrogen) atoms. The van der Waals surface area contributed by atoms with Gasteiger partial charge >= 0.3 is 0 Å². The first-order chi connectivity index (χ1) is 2.91. The summed E-state index contributed by atoms with van der Waals surface area (Å²) in [6.45, 7) is 4.46. The molecule has 0 aromatic heterocycles. The Kier molecular flexibility index (Phi) is 2300. The molecule has 0 saturated carbocycles. The molecular formula is C17H58. The molecule has 0 heterocycles. The SMILES string of the molecule is C.C.C.C.C.C.C.C.C.C.C.CCCCCC. The average Bonchev–Trinajstić information content (AvgIpc) is 1.61. The van der Waals surface area contributed by atoms with Crippen LogP contribution in [0.4, 0.5) is 0 Å². The first-order valence-electron chi connectivity index (χ1n) is 2.91. The highest BCUT2D eigenvalue weighted by Gasteiger charge is 1.75. The Morgan fingerprint density at radius 1 is 0.353 bits per heavy atom. The van der Waals surface area contributed by atoms with Crippen molar-refractivity contribution in [3.8, 4) is 0 Å². The maximum absolute atomic E-state index is 2.23. The van der Waals surface area contributed by atoms with Crippen LogP contribution in [-0.2, 0) is 0 Å². The van der Waals surface area contributed by atoms with E-state index in [1.807, 2.05) is 0 Å². The third-order valence-electron chi connectivity index (χ3n) is 0.957. The summed E-state index contributed by atoms with van der Waals surface area (Å²) in [7, 11) is 0. The van der Waals surface area contributed by atoms with E-state index in [-0.39, 0.29) is 81.7 Å². The molecule has 0 rings (SSSR count). The quantitative estimate of drug-likeness (QED) is 0.444. The van der Waals surface area contributed by atoms with Crippen molar-refractivity contribution < 1.29 is 0 Å². The van der Waals surface area contributed by atoms with E-state index in [4.69, 9.17) is 0 Å². The van der Waals surface area contributed by atoms with Gasteiger partial charge in [0.15, 0.2) is 0 Å². The van der Waals surface area contributed by atoms with Gasteiger partial charge in [-0.1, -0.05) is 121 Å². The fourth-order valence-electron chi connectivity index (χ4n) is 0.500. The molecule has 0 atom stereocenters. The monoisotopic (exact) mass is 262 g/mol. The minimum Gasteiger partial charge on any atom is -0.0776 e. The molecule has 0 bridgehead atoms. The van der Waals surface area contributed by atoms with Gasteiger partial charge in [-0.05, 0) is 0 Å². The Balaban J connectivity index is -0.00000000227. The summed E-state index contributed by atoms with van der Waals surface area (Å²) in [5, 5.41) is 0. The van der Waals surface area contributed by atoms with Gasteiger partial charge in [-0.25, -0.2) is 0 Å². The Labute approximate surface area is 122 Å². The van der Waals surface area contributed by atoms with E-state index in [1.54, 1.807) is 0 Å². The fourth-order valence-corrected chi connectivity index (χ4v) is 0.500. The zero-order chi connectivity index (χ0) is 4.83. The van der Waals surface area contributed by atoms with Gasteiger partial charge in [0.2, 0.25) is 0 Å². The van der Waals surface area contributed by atoms with Crippen LogP contribution in [0.25, 0.3) is 0 Å². The van der Waals surface area contributed by atoms with Crippen LogP contribution < -0.4 is 0 Å². The van der Waals surface area contributed by atoms with E-state index < -0.39 is 0 Å². The lowest BCUT2D eigenvalue weighted by Crippen LogP contribution is -1.66. The predicted molar refractivity (Wildman–Crippen MR) is 104 cm³/mol. The third kappa shape index (κ3) is 348. The second kappa shape index (κ2) is 225. The minimum atomic E-state index is 0. The summed E-state index contributed by atoms with van der Waals surface area (Å²) in [6.07, 6.45) is 5.54. The third-order valence-corrected chi connectivity index (χ3v) is 0.957. The highest BCUT2D eigenvalue weighted by Crippen LogP contribution is 1.95. The lowest BCUT2D eigenvalue weighted by Gasteiger charge is -1.86. The number of unbranched alkanes of at least 4 members (excludes halogenated alkanes) is 3. The summed E-state index contributed by atoms with van der Waals surface area (Å²) >= 11 is 0. The number of rotatable bonds is 3. The average molecular weight is 263 g/mol. The van der Waals surface area contributed by atoms with Crippen LogP contribution in [0.5, 0.6) is 0 Å². The Morgan fingerprint density at radius 3 is 0.529 bits per heavy atom. The van der Waals surface area contributed by atoms with E-state index in [9.17, 15) is 0 Å². The molecule has 0 N–H and O–H groups in total.